The second kappa shape index (κ2) is 5.08. The molecule has 1 amide bonds. The predicted octanol–water partition coefficient (Wildman–Crippen LogP) is 1.83. The van der Waals surface area contributed by atoms with E-state index in [1.165, 1.54) is 0 Å². The minimum absolute atomic E-state index is 0.156. The molecule has 0 spiro atoms. The van der Waals surface area contributed by atoms with Gasteiger partial charge in [-0.15, -0.1) is 0 Å². The van der Waals surface area contributed by atoms with Gasteiger partial charge in [0.25, 0.3) is 0 Å². The number of carbonyl (C=O) groups excluding carboxylic acids is 1. The molecule has 1 aromatic rings. The van der Waals surface area contributed by atoms with Gasteiger partial charge in [0.15, 0.2) is 11.5 Å². The van der Waals surface area contributed by atoms with Gasteiger partial charge in [0, 0.05) is 6.42 Å². The average molecular weight is 235 g/mol. The van der Waals surface area contributed by atoms with Crippen LogP contribution in [0.3, 0.4) is 0 Å². The fourth-order valence-corrected chi connectivity index (χ4v) is 2.05. The number of rotatable bonds is 4. The van der Waals surface area contributed by atoms with Gasteiger partial charge >= 0.3 is 0 Å². The molecule has 92 valence electrons. The molecule has 0 aliphatic carbocycles. The molecule has 1 aliphatic heterocycles. The molecule has 0 saturated heterocycles. The normalized spacial score (nSPS) is 15.4. The van der Waals surface area contributed by atoms with E-state index in [4.69, 9.17) is 15.2 Å². The first-order chi connectivity index (χ1) is 8.20. The molecule has 4 heteroatoms. The van der Waals surface area contributed by atoms with Gasteiger partial charge in [0.05, 0.1) is 0 Å². The summed E-state index contributed by atoms with van der Waals surface area (Å²) in [6.07, 6.45) is 1.25. The van der Waals surface area contributed by atoms with Crippen LogP contribution in [0.25, 0.3) is 0 Å². The van der Waals surface area contributed by atoms with Gasteiger partial charge in [0.1, 0.15) is 13.2 Å². The molecule has 1 aromatic carbocycles. The van der Waals surface area contributed by atoms with Crippen molar-refractivity contribution in [3.8, 4) is 11.5 Å². The monoisotopic (exact) mass is 235 g/mol. The number of primary amides is 1. The van der Waals surface area contributed by atoms with Crippen LogP contribution in [-0.2, 0) is 4.79 Å². The van der Waals surface area contributed by atoms with Crippen LogP contribution >= 0.6 is 0 Å². The first-order valence-electron chi connectivity index (χ1n) is 5.88. The van der Waals surface area contributed by atoms with Crippen molar-refractivity contribution >= 4 is 5.91 Å². The Hall–Kier alpha value is -1.71. The molecule has 0 bridgehead atoms. The summed E-state index contributed by atoms with van der Waals surface area (Å²) >= 11 is 0. The molecule has 0 saturated carbocycles. The Bertz CT molecular complexity index is 417. The standard InChI is InChI=1S/C13H17NO3/c1-2-9(8-13(14)15)10-3-4-11-12(7-10)17-6-5-16-11/h3-4,7,9H,2,5-6,8H2,1H3,(H2,14,15). The molecular formula is C13H17NO3. The Morgan fingerprint density at radius 1 is 1.35 bits per heavy atom. The van der Waals surface area contributed by atoms with Gasteiger partial charge < -0.3 is 15.2 Å². The number of carbonyl (C=O) groups is 1. The van der Waals surface area contributed by atoms with E-state index in [-0.39, 0.29) is 11.8 Å². The van der Waals surface area contributed by atoms with Crippen LogP contribution in [0, 0.1) is 0 Å². The lowest BCUT2D eigenvalue weighted by molar-refractivity contribution is -0.118. The van der Waals surface area contributed by atoms with Gasteiger partial charge in [0.2, 0.25) is 5.91 Å². The lowest BCUT2D eigenvalue weighted by Crippen LogP contribution is -2.17. The summed E-state index contributed by atoms with van der Waals surface area (Å²) in [7, 11) is 0. The highest BCUT2D eigenvalue weighted by molar-refractivity contribution is 5.74. The summed E-state index contributed by atoms with van der Waals surface area (Å²) < 4.78 is 11.0. The average Bonchev–Trinajstić information content (AvgIpc) is 2.35. The molecule has 2 rings (SSSR count). The van der Waals surface area contributed by atoms with Crippen molar-refractivity contribution in [3.05, 3.63) is 23.8 Å². The van der Waals surface area contributed by atoms with Gasteiger partial charge in [-0.25, -0.2) is 0 Å². The second-order valence-electron chi connectivity index (χ2n) is 4.18. The van der Waals surface area contributed by atoms with E-state index in [0.717, 1.165) is 23.5 Å². The zero-order valence-electron chi connectivity index (χ0n) is 9.94. The third-order valence-electron chi connectivity index (χ3n) is 2.98. The Labute approximate surface area is 101 Å². The summed E-state index contributed by atoms with van der Waals surface area (Å²) in [4.78, 5) is 11.0. The lowest BCUT2D eigenvalue weighted by Gasteiger charge is -2.21. The van der Waals surface area contributed by atoms with Crippen LogP contribution in [0.5, 0.6) is 11.5 Å². The van der Waals surface area contributed by atoms with E-state index >= 15 is 0 Å². The quantitative estimate of drug-likeness (QED) is 0.866. The van der Waals surface area contributed by atoms with Gasteiger partial charge in [-0.05, 0) is 30.0 Å². The molecule has 1 aliphatic rings. The summed E-state index contributed by atoms with van der Waals surface area (Å²) in [5.74, 6) is 1.42. The van der Waals surface area contributed by atoms with Crippen molar-refractivity contribution in [3.63, 3.8) is 0 Å². The zero-order chi connectivity index (χ0) is 12.3. The van der Waals surface area contributed by atoms with Crippen LogP contribution in [0.1, 0.15) is 31.2 Å². The number of benzene rings is 1. The molecule has 0 radical (unpaired) electrons. The first-order valence-corrected chi connectivity index (χ1v) is 5.88. The lowest BCUT2D eigenvalue weighted by atomic mass is 9.92. The maximum atomic E-state index is 11.0. The zero-order valence-corrected chi connectivity index (χ0v) is 9.94. The first kappa shape index (κ1) is 11.8. The van der Waals surface area contributed by atoms with Crippen LogP contribution in [0.15, 0.2) is 18.2 Å². The predicted molar refractivity (Wildman–Crippen MR) is 64.3 cm³/mol. The van der Waals surface area contributed by atoms with Crippen LogP contribution in [0.2, 0.25) is 0 Å². The summed E-state index contributed by atoms with van der Waals surface area (Å²) in [5.41, 5.74) is 6.33. The number of hydrogen-bond donors (Lipinski definition) is 1. The third-order valence-corrected chi connectivity index (χ3v) is 2.98. The highest BCUT2D eigenvalue weighted by atomic mass is 16.6. The van der Waals surface area contributed by atoms with Crippen LogP contribution < -0.4 is 15.2 Å². The van der Waals surface area contributed by atoms with Gasteiger partial charge in [-0.2, -0.15) is 0 Å². The molecule has 1 heterocycles. The second-order valence-corrected chi connectivity index (χ2v) is 4.18. The number of amides is 1. The van der Waals surface area contributed by atoms with Crippen molar-refractivity contribution in [2.45, 2.75) is 25.7 Å². The van der Waals surface area contributed by atoms with E-state index < -0.39 is 0 Å². The Balaban J connectivity index is 2.22. The van der Waals surface area contributed by atoms with Crippen molar-refractivity contribution < 1.29 is 14.3 Å². The van der Waals surface area contributed by atoms with Crippen LogP contribution in [-0.4, -0.2) is 19.1 Å². The van der Waals surface area contributed by atoms with E-state index in [9.17, 15) is 4.79 Å². The Morgan fingerprint density at radius 3 is 2.71 bits per heavy atom. The van der Waals surface area contributed by atoms with E-state index in [1.54, 1.807) is 0 Å². The number of ether oxygens (including phenoxy) is 2. The summed E-state index contributed by atoms with van der Waals surface area (Å²) in [5, 5.41) is 0. The van der Waals surface area contributed by atoms with E-state index in [0.29, 0.717) is 19.6 Å². The fraction of sp³-hybridized carbons (Fsp3) is 0.462. The van der Waals surface area contributed by atoms with Gasteiger partial charge in [-0.3, -0.25) is 4.79 Å². The Morgan fingerprint density at radius 2 is 2.06 bits per heavy atom. The minimum Gasteiger partial charge on any atom is -0.486 e. The molecule has 1 unspecified atom stereocenters. The molecule has 1 atom stereocenters. The Kier molecular flexibility index (Phi) is 3.52. The number of fused-ring (bicyclic) bond motifs is 1. The van der Waals surface area contributed by atoms with Crippen LogP contribution in [0.4, 0.5) is 0 Å². The SMILES string of the molecule is CCC(CC(N)=O)c1ccc2c(c1)OCCO2. The molecule has 17 heavy (non-hydrogen) atoms. The van der Waals surface area contributed by atoms with E-state index in [2.05, 4.69) is 0 Å². The molecule has 0 fully saturated rings. The summed E-state index contributed by atoms with van der Waals surface area (Å²) in [6, 6.07) is 5.82. The third kappa shape index (κ3) is 2.70. The number of nitrogens with two attached hydrogens (primary N) is 1. The van der Waals surface area contributed by atoms with Crippen molar-refractivity contribution in [1.82, 2.24) is 0 Å². The maximum Gasteiger partial charge on any atom is 0.218 e. The van der Waals surface area contributed by atoms with Crippen molar-refractivity contribution in [2.24, 2.45) is 5.73 Å². The smallest absolute Gasteiger partial charge is 0.218 e. The molecular weight excluding hydrogens is 218 g/mol. The topological polar surface area (TPSA) is 61.6 Å². The van der Waals surface area contributed by atoms with Crippen molar-refractivity contribution in [1.29, 1.82) is 0 Å². The fourth-order valence-electron chi connectivity index (χ4n) is 2.05. The highest BCUT2D eigenvalue weighted by Crippen LogP contribution is 2.34. The largest absolute Gasteiger partial charge is 0.486 e. The van der Waals surface area contributed by atoms with Gasteiger partial charge in [-0.1, -0.05) is 13.0 Å². The maximum absolute atomic E-state index is 11.0. The highest BCUT2D eigenvalue weighted by Gasteiger charge is 2.17. The summed E-state index contributed by atoms with van der Waals surface area (Å²) in [6.45, 7) is 3.21. The van der Waals surface area contributed by atoms with E-state index in [1.807, 2.05) is 25.1 Å². The van der Waals surface area contributed by atoms with Crippen molar-refractivity contribution in [2.75, 3.05) is 13.2 Å². The number of hydrogen-bond acceptors (Lipinski definition) is 3. The molecule has 0 aromatic heterocycles. The molecule has 2 N–H and O–H groups in total. The molecule has 4 nitrogen and oxygen atoms in total. The minimum atomic E-state index is -0.272.